The highest BCUT2D eigenvalue weighted by atomic mass is 79.9. The fourth-order valence-electron chi connectivity index (χ4n) is 2.11. The van der Waals surface area contributed by atoms with Gasteiger partial charge in [-0.25, -0.2) is 0 Å². The maximum Gasteiger partial charge on any atom is 0.0998 e. The zero-order chi connectivity index (χ0) is 13.5. The molecule has 0 amide bonds. The molecule has 96 valence electrons. The summed E-state index contributed by atoms with van der Waals surface area (Å²) in [6, 6.07) is 18.5. The molecule has 2 rings (SSSR count). The summed E-state index contributed by atoms with van der Waals surface area (Å²) in [5.74, 6) is 0. The van der Waals surface area contributed by atoms with Gasteiger partial charge in [0.2, 0.25) is 0 Å². The number of halogens is 1. The van der Waals surface area contributed by atoms with Crippen LogP contribution in [0, 0.1) is 11.3 Å². The molecule has 0 atom stereocenters. The van der Waals surface area contributed by atoms with Crippen molar-refractivity contribution < 1.29 is 0 Å². The van der Waals surface area contributed by atoms with E-state index in [1.807, 2.05) is 24.3 Å². The second kappa shape index (κ2) is 7.11. The number of hydrogen-bond acceptors (Lipinski definition) is 1. The second-order valence-electron chi connectivity index (χ2n) is 4.50. The van der Waals surface area contributed by atoms with Gasteiger partial charge in [-0.2, -0.15) is 5.26 Å². The van der Waals surface area contributed by atoms with E-state index >= 15 is 0 Å². The van der Waals surface area contributed by atoms with Crippen molar-refractivity contribution in [3.05, 3.63) is 59.7 Å². The third-order valence-electron chi connectivity index (χ3n) is 3.16. The van der Waals surface area contributed by atoms with Gasteiger partial charge in [0.1, 0.15) is 0 Å². The molecule has 0 aliphatic rings. The Hall–Kier alpha value is -1.59. The Labute approximate surface area is 123 Å². The molecule has 0 unspecified atom stereocenters. The first-order chi connectivity index (χ1) is 9.35. The molecule has 0 saturated heterocycles. The number of benzene rings is 2. The van der Waals surface area contributed by atoms with Crippen LogP contribution >= 0.6 is 15.9 Å². The number of alkyl halides is 1. The molecule has 0 bridgehead atoms. The lowest BCUT2D eigenvalue weighted by molar-refractivity contribution is 0.806. The van der Waals surface area contributed by atoms with Crippen LogP contribution in [0.4, 0.5) is 0 Å². The molecule has 0 aliphatic heterocycles. The minimum Gasteiger partial charge on any atom is -0.192 e. The molecule has 0 heterocycles. The zero-order valence-electron chi connectivity index (χ0n) is 10.8. The maximum absolute atomic E-state index is 9.12. The van der Waals surface area contributed by atoms with Gasteiger partial charge in [0.15, 0.2) is 0 Å². The second-order valence-corrected chi connectivity index (χ2v) is 5.29. The number of hydrogen-bond donors (Lipinski definition) is 0. The highest BCUT2D eigenvalue weighted by molar-refractivity contribution is 9.09. The molecule has 2 aromatic rings. The number of rotatable bonds is 5. The van der Waals surface area contributed by atoms with Gasteiger partial charge in [-0.1, -0.05) is 58.4 Å². The summed E-state index contributed by atoms with van der Waals surface area (Å²) in [6.07, 6.45) is 3.53. The van der Waals surface area contributed by atoms with Crippen molar-refractivity contribution in [2.24, 2.45) is 0 Å². The number of nitrogens with zero attached hydrogens (tertiary/aromatic N) is 1. The minimum absolute atomic E-state index is 0.731. The Kier molecular flexibility index (Phi) is 5.18. The Balaban J connectivity index is 2.16. The van der Waals surface area contributed by atoms with Crippen molar-refractivity contribution in [3.8, 4) is 17.2 Å². The summed E-state index contributed by atoms with van der Waals surface area (Å²) >= 11 is 3.45. The minimum atomic E-state index is 0.731. The van der Waals surface area contributed by atoms with E-state index in [9.17, 15) is 0 Å². The third kappa shape index (κ3) is 3.68. The highest BCUT2D eigenvalue weighted by Crippen LogP contribution is 2.23. The van der Waals surface area contributed by atoms with Gasteiger partial charge in [0.25, 0.3) is 0 Å². The van der Waals surface area contributed by atoms with E-state index < -0.39 is 0 Å². The maximum atomic E-state index is 9.12. The summed E-state index contributed by atoms with van der Waals surface area (Å²) in [4.78, 5) is 0. The molecule has 0 aliphatic carbocycles. The molecule has 0 spiro atoms. The van der Waals surface area contributed by atoms with Gasteiger partial charge in [0.05, 0.1) is 11.6 Å². The first-order valence-electron chi connectivity index (χ1n) is 6.49. The van der Waals surface area contributed by atoms with Crippen molar-refractivity contribution in [2.75, 3.05) is 5.33 Å². The molecule has 0 saturated carbocycles. The van der Waals surface area contributed by atoms with Gasteiger partial charge in [-0.15, -0.1) is 0 Å². The zero-order valence-corrected chi connectivity index (χ0v) is 12.4. The molecular formula is C17H16BrN. The van der Waals surface area contributed by atoms with Gasteiger partial charge >= 0.3 is 0 Å². The smallest absolute Gasteiger partial charge is 0.0998 e. The van der Waals surface area contributed by atoms with E-state index in [1.54, 1.807) is 0 Å². The van der Waals surface area contributed by atoms with E-state index in [0.717, 1.165) is 28.4 Å². The molecule has 0 radical (unpaired) electrons. The van der Waals surface area contributed by atoms with E-state index in [1.165, 1.54) is 18.4 Å². The molecular weight excluding hydrogens is 298 g/mol. The first-order valence-corrected chi connectivity index (χ1v) is 7.61. The topological polar surface area (TPSA) is 23.8 Å². The van der Waals surface area contributed by atoms with Crippen LogP contribution in [0.25, 0.3) is 11.1 Å². The number of nitriles is 1. The van der Waals surface area contributed by atoms with Crippen LogP contribution in [0.5, 0.6) is 0 Å². The fraction of sp³-hybridized carbons (Fsp3) is 0.235. The lowest BCUT2D eigenvalue weighted by atomic mass is 9.98. The number of aryl methyl sites for hydroxylation is 1. The van der Waals surface area contributed by atoms with Gasteiger partial charge in [-0.05, 0) is 42.0 Å². The summed E-state index contributed by atoms with van der Waals surface area (Å²) in [6.45, 7) is 0. The van der Waals surface area contributed by atoms with Crippen LogP contribution in [0.1, 0.15) is 24.0 Å². The molecule has 2 heteroatoms. The fourth-order valence-corrected chi connectivity index (χ4v) is 2.50. The summed E-state index contributed by atoms with van der Waals surface area (Å²) in [5, 5.41) is 10.2. The van der Waals surface area contributed by atoms with Gasteiger partial charge in [0, 0.05) is 5.33 Å². The SMILES string of the molecule is N#Cc1ccccc1-c1ccc(CCCCBr)cc1. The molecule has 19 heavy (non-hydrogen) atoms. The summed E-state index contributed by atoms with van der Waals surface area (Å²) < 4.78 is 0. The van der Waals surface area contributed by atoms with E-state index in [-0.39, 0.29) is 0 Å². The van der Waals surface area contributed by atoms with E-state index in [4.69, 9.17) is 5.26 Å². The Morgan fingerprint density at radius 1 is 0.947 bits per heavy atom. The molecule has 2 aromatic carbocycles. The van der Waals surface area contributed by atoms with Crippen LogP contribution in [-0.4, -0.2) is 5.33 Å². The molecule has 0 fully saturated rings. The summed E-state index contributed by atoms with van der Waals surface area (Å²) in [5.41, 5.74) is 4.21. The average Bonchev–Trinajstić information content (AvgIpc) is 2.48. The molecule has 1 nitrogen and oxygen atoms in total. The average molecular weight is 314 g/mol. The molecule has 0 aromatic heterocycles. The van der Waals surface area contributed by atoms with Crippen LogP contribution < -0.4 is 0 Å². The summed E-state index contributed by atoms with van der Waals surface area (Å²) in [7, 11) is 0. The van der Waals surface area contributed by atoms with E-state index in [2.05, 4.69) is 46.3 Å². The molecule has 0 N–H and O–H groups in total. The van der Waals surface area contributed by atoms with E-state index in [0.29, 0.717) is 0 Å². The van der Waals surface area contributed by atoms with Crippen molar-refractivity contribution in [1.29, 1.82) is 5.26 Å². The van der Waals surface area contributed by atoms with Crippen molar-refractivity contribution in [1.82, 2.24) is 0 Å². The van der Waals surface area contributed by atoms with Gasteiger partial charge in [-0.3, -0.25) is 0 Å². The predicted octanol–water partition coefficient (Wildman–Crippen LogP) is 4.94. The largest absolute Gasteiger partial charge is 0.192 e. The monoisotopic (exact) mass is 313 g/mol. The van der Waals surface area contributed by atoms with Crippen molar-refractivity contribution in [3.63, 3.8) is 0 Å². The van der Waals surface area contributed by atoms with Crippen molar-refractivity contribution >= 4 is 15.9 Å². The van der Waals surface area contributed by atoms with Crippen LogP contribution in [0.2, 0.25) is 0 Å². The lowest BCUT2D eigenvalue weighted by Gasteiger charge is -2.06. The normalized spacial score (nSPS) is 10.1. The van der Waals surface area contributed by atoms with Crippen molar-refractivity contribution in [2.45, 2.75) is 19.3 Å². The van der Waals surface area contributed by atoms with Crippen LogP contribution in [0.3, 0.4) is 0 Å². The first kappa shape index (κ1) is 13.8. The number of unbranched alkanes of at least 4 members (excludes halogenated alkanes) is 1. The lowest BCUT2D eigenvalue weighted by Crippen LogP contribution is -1.88. The Morgan fingerprint density at radius 2 is 1.68 bits per heavy atom. The highest BCUT2D eigenvalue weighted by Gasteiger charge is 2.03. The third-order valence-corrected chi connectivity index (χ3v) is 3.72. The Bertz CT molecular complexity index is 567. The van der Waals surface area contributed by atoms with Crippen LogP contribution in [-0.2, 0) is 6.42 Å². The Morgan fingerprint density at radius 3 is 2.37 bits per heavy atom. The van der Waals surface area contributed by atoms with Gasteiger partial charge < -0.3 is 0 Å². The standard InChI is InChI=1S/C17H16BrN/c18-12-4-3-5-14-8-10-15(11-9-14)17-7-2-1-6-16(17)13-19/h1-2,6-11H,3-5,12H2. The quantitative estimate of drug-likeness (QED) is 0.566. The van der Waals surface area contributed by atoms with Crippen LogP contribution in [0.15, 0.2) is 48.5 Å². The predicted molar refractivity (Wildman–Crippen MR) is 83.3 cm³/mol.